The van der Waals surface area contributed by atoms with Crippen LogP contribution in [-0.2, 0) is 9.31 Å². The molecule has 1 aliphatic rings. The lowest BCUT2D eigenvalue weighted by Crippen LogP contribution is -2.41. The van der Waals surface area contributed by atoms with Crippen LogP contribution in [0.3, 0.4) is 0 Å². The highest BCUT2D eigenvalue weighted by molar-refractivity contribution is 6.62. The van der Waals surface area contributed by atoms with Crippen molar-refractivity contribution in [3.05, 3.63) is 17.8 Å². The van der Waals surface area contributed by atoms with Crippen molar-refractivity contribution in [2.24, 2.45) is 0 Å². The zero-order valence-corrected chi connectivity index (χ0v) is 12.7. The third-order valence-corrected chi connectivity index (χ3v) is 3.99. The minimum absolute atomic E-state index is 0.315. The number of nitrogens with one attached hydrogen (secondary N) is 1. The smallest absolute Gasteiger partial charge is 0.399 e. The topological polar surface area (TPSA) is 43.4 Å². The molecule has 1 saturated heterocycles. The SMILES string of the molecule is CCNc1ccc(B2OC(C)(C)C(C)(C)O2)c(C)n1. The lowest BCUT2D eigenvalue weighted by Gasteiger charge is -2.32. The molecule has 1 fully saturated rings. The van der Waals surface area contributed by atoms with Gasteiger partial charge in [0.15, 0.2) is 0 Å². The predicted molar refractivity (Wildman–Crippen MR) is 78.9 cm³/mol. The third-order valence-electron chi connectivity index (χ3n) is 3.99. The number of anilines is 1. The van der Waals surface area contributed by atoms with Gasteiger partial charge in [0.05, 0.1) is 11.2 Å². The molecule has 0 spiro atoms. The Bertz CT molecular complexity index is 459. The molecular formula is C14H23BN2O2. The minimum atomic E-state index is -0.340. The van der Waals surface area contributed by atoms with Crippen molar-refractivity contribution in [3.8, 4) is 0 Å². The van der Waals surface area contributed by atoms with Crippen LogP contribution in [0.4, 0.5) is 5.82 Å². The van der Waals surface area contributed by atoms with Crippen LogP contribution in [0.1, 0.15) is 40.3 Å². The maximum absolute atomic E-state index is 6.05. The van der Waals surface area contributed by atoms with Gasteiger partial charge in [-0.2, -0.15) is 0 Å². The molecule has 1 N–H and O–H groups in total. The molecule has 0 aliphatic carbocycles. The van der Waals surface area contributed by atoms with Gasteiger partial charge in [-0.1, -0.05) is 6.07 Å². The Morgan fingerprint density at radius 1 is 1.16 bits per heavy atom. The number of aromatic nitrogens is 1. The second-order valence-electron chi connectivity index (χ2n) is 5.99. The lowest BCUT2D eigenvalue weighted by molar-refractivity contribution is 0.00578. The van der Waals surface area contributed by atoms with E-state index in [0.29, 0.717) is 0 Å². The average Bonchev–Trinajstić information content (AvgIpc) is 2.48. The Labute approximate surface area is 116 Å². The van der Waals surface area contributed by atoms with E-state index in [1.165, 1.54) is 0 Å². The van der Waals surface area contributed by atoms with Gasteiger partial charge >= 0.3 is 7.12 Å². The van der Waals surface area contributed by atoms with E-state index in [2.05, 4.69) is 44.9 Å². The zero-order chi connectivity index (χ0) is 14.3. The molecule has 0 radical (unpaired) electrons. The average molecular weight is 262 g/mol. The number of hydrogen-bond acceptors (Lipinski definition) is 4. The Hall–Kier alpha value is -1.07. The van der Waals surface area contributed by atoms with Crippen molar-refractivity contribution in [2.75, 3.05) is 11.9 Å². The summed E-state index contributed by atoms with van der Waals surface area (Å²) in [5.41, 5.74) is 1.31. The highest BCUT2D eigenvalue weighted by Crippen LogP contribution is 2.36. The van der Waals surface area contributed by atoms with Crippen molar-refractivity contribution >= 4 is 18.4 Å². The van der Waals surface area contributed by atoms with Crippen molar-refractivity contribution < 1.29 is 9.31 Å². The molecule has 0 unspecified atom stereocenters. The van der Waals surface area contributed by atoms with E-state index < -0.39 is 0 Å². The van der Waals surface area contributed by atoms with Gasteiger partial charge in [-0.15, -0.1) is 0 Å². The van der Waals surface area contributed by atoms with Crippen LogP contribution in [0.25, 0.3) is 0 Å². The van der Waals surface area contributed by atoms with Crippen LogP contribution in [0.15, 0.2) is 12.1 Å². The third kappa shape index (κ3) is 2.62. The largest absolute Gasteiger partial charge is 0.496 e. The molecule has 1 aromatic heterocycles. The number of nitrogens with zero attached hydrogens (tertiary/aromatic N) is 1. The summed E-state index contributed by atoms with van der Waals surface area (Å²) < 4.78 is 12.1. The van der Waals surface area contributed by atoms with Gasteiger partial charge in [-0.3, -0.25) is 0 Å². The fourth-order valence-electron chi connectivity index (χ4n) is 2.07. The standard InChI is InChI=1S/C14H23BN2O2/c1-7-16-12-9-8-11(10(2)17-12)15-18-13(3,4)14(5,6)19-15/h8-9H,7H2,1-6H3,(H,16,17). The van der Waals surface area contributed by atoms with Gasteiger partial charge in [0.2, 0.25) is 0 Å². The monoisotopic (exact) mass is 262 g/mol. The number of hydrogen-bond donors (Lipinski definition) is 1. The molecule has 0 amide bonds. The maximum atomic E-state index is 6.05. The molecule has 0 saturated carbocycles. The molecule has 2 heterocycles. The molecule has 1 aromatic rings. The Morgan fingerprint density at radius 3 is 2.21 bits per heavy atom. The van der Waals surface area contributed by atoms with Crippen LogP contribution in [-0.4, -0.2) is 29.8 Å². The molecule has 19 heavy (non-hydrogen) atoms. The maximum Gasteiger partial charge on any atom is 0.496 e. The first-order chi connectivity index (χ1) is 8.77. The van der Waals surface area contributed by atoms with Crippen molar-refractivity contribution in [2.45, 2.75) is 52.7 Å². The number of rotatable bonds is 3. The summed E-state index contributed by atoms with van der Waals surface area (Å²) in [6.45, 7) is 13.1. The first kappa shape index (κ1) is 14.3. The van der Waals surface area contributed by atoms with E-state index in [1.54, 1.807) is 0 Å². The van der Waals surface area contributed by atoms with Crippen molar-refractivity contribution in [1.29, 1.82) is 0 Å². The summed E-state index contributed by atoms with van der Waals surface area (Å²) >= 11 is 0. The number of aryl methyl sites for hydroxylation is 1. The van der Waals surface area contributed by atoms with Gasteiger partial charge in [-0.25, -0.2) is 4.98 Å². The minimum Gasteiger partial charge on any atom is -0.399 e. The van der Waals surface area contributed by atoms with Gasteiger partial charge < -0.3 is 14.6 Å². The summed E-state index contributed by atoms with van der Waals surface area (Å²) in [6.07, 6.45) is 0. The Balaban J connectivity index is 2.25. The van der Waals surface area contributed by atoms with Gasteiger partial charge in [0.25, 0.3) is 0 Å². The highest BCUT2D eigenvalue weighted by atomic mass is 16.7. The first-order valence-electron chi connectivity index (χ1n) is 6.84. The van der Waals surface area contributed by atoms with E-state index in [0.717, 1.165) is 23.5 Å². The van der Waals surface area contributed by atoms with Crippen LogP contribution in [0.5, 0.6) is 0 Å². The molecule has 0 aromatic carbocycles. The van der Waals surface area contributed by atoms with Crippen LogP contribution in [0, 0.1) is 6.92 Å². The van der Waals surface area contributed by atoms with Crippen LogP contribution >= 0.6 is 0 Å². The van der Waals surface area contributed by atoms with Crippen LogP contribution in [0.2, 0.25) is 0 Å². The molecule has 1 aliphatic heterocycles. The van der Waals surface area contributed by atoms with E-state index in [9.17, 15) is 0 Å². The van der Waals surface area contributed by atoms with Crippen molar-refractivity contribution in [3.63, 3.8) is 0 Å². The molecule has 0 bridgehead atoms. The van der Waals surface area contributed by atoms with Crippen LogP contribution < -0.4 is 10.8 Å². The second kappa shape index (κ2) is 4.80. The zero-order valence-electron chi connectivity index (χ0n) is 12.7. The molecule has 104 valence electrons. The molecule has 0 atom stereocenters. The highest BCUT2D eigenvalue weighted by Gasteiger charge is 2.52. The fraction of sp³-hybridized carbons (Fsp3) is 0.643. The summed E-state index contributed by atoms with van der Waals surface area (Å²) in [5, 5.41) is 3.21. The van der Waals surface area contributed by atoms with E-state index in [-0.39, 0.29) is 18.3 Å². The Kier molecular flexibility index (Phi) is 3.62. The van der Waals surface area contributed by atoms with Crippen molar-refractivity contribution in [1.82, 2.24) is 4.98 Å². The molecule has 2 rings (SSSR count). The quantitative estimate of drug-likeness (QED) is 0.847. The molecule has 4 nitrogen and oxygen atoms in total. The lowest BCUT2D eigenvalue weighted by atomic mass is 9.78. The van der Waals surface area contributed by atoms with Gasteiger partial charge in [-0.05, 0) is 47.6 Å². The summed E-state index contributed by atoms with van der Waals surface area (Å²) in [7, 11) is -0.340. The normalized spacial score (nSPS) is 20.6. The van der Waals surface area contributed by atoms with Gasteiger partial charge in [0.1, 0.15) is 5.82 Å². The summed E-state index contributed by atoms with van der Waals surface area (Å²) in [5.74, 6) is 0.889. The Morgan fingerprint density at radius 2 is 1.74 bits per heavy atom. The molecular weight excluding hydrogens is 239 g/mol. The number of pyridine rings is 1. The first-order valence-corrected chi connectivity index (χ1v) is 6.84. The fourth-order valence-corrected chi connectivity index (χ4v) is 2.07. The second-order valence-corrected chi connectivity index (χ2v) is 5.99. The summed E-state index contributed by atoms with van der Waals surface area (Å²) in [6, 6.07) is 4.00. The van der Waals surface area contributed by atoms with E-state index in [1.807, 2.05) is 19.1 Å². The molecule has 5 heteroatoms. The van der Waals surface area contributed by atoms with E-state index >= 15 is 0 Å². The van der Waals surface area contributed by atoms with E-state index in [4.69, 9.17) is 9.31 Å². The summed E-state index contributed by atoms with van der Waals surface area (Å²) in [4.78, 5) is 4.53. The van der Waals surface area contributed by atoms with Gasteiger partial charge in [0, 0.05) is 17.7 Å². The predicted octanol–water partition coefficient (Wildman–Crippen LogP) is 2.12.